The zero-order valence-electron chi connectivity index (χ0n) is 11.8. The Bertz CT molecular complexity index is 731. The van der Waals surface area contributed by atoms with E-state index in [-0.39, 0.29) is 0 Å². The van der Waals surface area contributed by atoms with E-state index in [9.17, 15) is 0 Å². The molecule has 2 aromatic carbocycles. The van der Waals surface area contributed by atoms with Gasteiger partial charge in [-0.05, 0) is 35.4 Å². The first kappa shape index (κ1) is 14.4. The molecule has 1 aromatic heterocycles. The highest BCUT2D eigenvalue weighted by Crippen LogP contribution is 2.17. The van der Waals surface area contributed by atoms with Crippen LogP contribution in [0.2, 0.25) is 5.02 Å². The van der Waals surface area contributed by atoms with Gasteiger partial charge in [-0.25, -0.2) is 4.68 Å². The number of halogens is 1. The van der Waals surface area contributed by atoms with Crippen molar-refractivity contribution in [2.75, 3.05) is 5.43 Å². The lowest BCUT2D eigenvalue weighted by molar-refractivity contribution is 0.306. The second kappa shape index (κ2) is 6.95. The Morgan fingerprint density at radius 3 is 2.59 bits per heavy atom. The number of ether oxygens (including phenoxy) is 1. The molecule has 0 saturated heterocycles. The maximum atomic E-state index is 5.97. The first-order valence-corrected chi connectivity index (χ1v) is 7.22. The molecule has 0 spiro atoms. The molecule has 3 aromatic rings. The molecule has 5 nitrogen and oxygen atoms in total. The van der Waals surface area contributed by atoms with Crippen molar-refractivity contribution >= 4 is 11.6 Å². The lowest BCUT2D eigenvalue weighted by atomic mass is 10.2. The van der Waals surface area contributed by atoms with Gasteiger partial charge in [0.2, 0.25) is 0 Å². The fraction of sp³-hybridized carbons (Fsp3) is 0.125. The molecule has 1 N–H and O–H groups in total. The summed E-state index contributed by atoms with van der Waals surface area (Å²) in [7, 11) is 0. The quantitative estimate of drug-likeness (QED) is 0.759. The lowest BCUT2D eigenvalue weighted by Gasteiger charge is -2.10. The lowest BCUT2D eigenvalue weighted by Crippen LogP contribution is -2.12. The first-order chi connectivity index (χ1) is 10.8. The van der Waals surface area contributed by atoms with Gasteiger partial charge < -0.3 is 10.2 Å². The van der Waals surface area contributed by atoms with Gasteiger partial charge in [-0.2, -0.15) is 0 Å². The summed E-state index contributed by atoms with van der Waals surface area (Å²) in [6, 6.07) is 15.6. The third kappa shape index (κ3) is 3.99. The van der Waals surface area contributed by atoms with Crippen molar-refractivity contribution < 1.29 is 4.74 Å². The summed E-state index contributed by atoms with van der Waals surface area (Å²) in [6.45, 7) is 1.15. The summed E-state index contributed by atoms with van der Waals surface area (Å²) in [5, 5.41) is 8.19. The van der Waals surface area contributed by atoms with Crippen LogP contribution in [0.25, 0.3) is 0 Å². The van der Waals surface area contributed by atoms with E-state index in [4.69, 9.17) is 16.3 Å². The largest absolute Gasteiger partial charge is 0.489 e. The summed E-state index contributed by atoms with van der Waals surface area (Å²) in [5.41, 5.74) is 5.32. The monoisotopic (exact) mass is 314 g/mol. The van der Waals surface area contributed by atoms with Crippen molar-refractivity contribution in [3.05, 3.63) is 77.3 Å². The molecule has 112 valence electrons. The average Bonchev–Trinajstić information content (AvgIpc) is 3.05. The number of hydrogen-bond acceptors (Lipinski definition) is 4. The predicted molar refractivity (Wildman–Crippen MR) is 85.3 cm³/mol. The fourth-order valence-corrected chi connectivity index (χ4v) is 2.22. The van der Waals surface area contributed by atoms with E-state index in [0.29, 0.717) is 18.2 Å². The summed E-state index contributed by atoms with van der Waals surface area (Å²) < 4.78 is 7.51. The highest BCUT2D eigenvalue weighted by atomic mass is 35.5. The van der Waals surface area contributed by atoms with Gasteiger partial charge in [0.1, 0.15) is 25.0 Å². The Morgan fingerprint density at radius 1 is 1.00 bits per heavy atom. The van der Waals surface area contributed by atoms with E-state index >= 15 is 0 Å². The minimum atomic E-state index is 0.489. The molecular weight excluding hydrogens is 300 g/mol. The number of nitrogens with one attached hydrogen (secondary N) is 1. The van der Waals surface area contributed by atoms with E-state index in [1.807, 2.05) is 48.5 Å². The van der Waals surface area contributed by atoms with Crippen molar-refractivity contribution in [2.24, 2.45) is 0 Å². The van der Waals surface area contributed by atoms with Gasteiger partial charge in [0.15, 0.2) is 0 Å². The van der Waals surface area contributed by atoms with Gasteiger partial charge in [-0.3, -0.25) is 0 Å². The van der Waals surface area contributed by atoms with Gasteiger partial charge in [0.25, 0.3) is 0 Å². The Morgan fingerprint density at radius 2 is 1.77 bits per heavy atom. The van der Waals surface area contributed by atoms with E-state index < -0.39 is 0 Å². The third-order valence-electron chi connectivity index (χ3n) is 3.08. The maximum absolute atomic E-state index is 5.97. The molecule has 0 unspecified atom stereocenters. The molecule has 0 aliphatic heterocycles. The van der Waals surface area contributed by atoms with Crippen molar-refractivity contribution in [3.63, 3.8) is 0 Å². The Kier molecular flexibility index (Phi) is 4.56. The van der Waals surface area contributed by atoms with Crippen LogP contribution in [-0.4, -0.2) is 14.9 Å². The van der Waals surface area contributed by atoms with Crippen LogP contribution in [0, 0.1) is 0 Å². The minimum absolute atomic E-state index is 0.489. The van der Waals surface area contributed by atoms with Crippen molar-refractivity contribution in [1.82, 2.24) is 14.9 Å². The van der Waals surface area contributed by atoms with E-state index in [1.165, 1.54) is 0 Å². The summed E-state index contributed by atoms with van der Waals surface area (Å²) >= 11 is 5.97. The minimum Gasteiger partial charge on any atom is -0.489 e. The third-order valence-corrected chi connectivity index (χ3v) is 3.31. The Balaban J connectivity index is 1.59. The molecule has 0 saturated carbocycles. The Hall–Kier alpha value is -2.53. The van der Waals surface area contributed by atoms with Gasteiger partial charge >= 0.3 is 0 Å². The molecule has 6 heteroatoms. The summed E-state index contributed by atoms with van der Waals surface area (Å²) in [6.07, 6.45) is 3.22. The molecular formula is C16H15ClN4O. The number of benzene rings is 2. The zero-order valence-corrected chi connectivity index (χ0v) is 12.6. The second-order valence-electron chi connectivity index (χ2n) is 4.77. The van der Waals surface area contributed by atoms with E-state index in [2.05, 4.69) is 15.6 Å². The molecule has 0 fully saturated rings. The zero-order chi connectivity index (χ0) is 15.2. The highest BCUT2D eigenvalue weighted by molar-refractivity contribution is 6.30. The topological polar surface area (TPSA) is 52.0 Å². The molecule has 0 radical (unpaired) electrons. The van der Waals surface area contributed by atoms with Crippen molar-refractivity contribution in [3.8, 4) is 5.75 Å². The first-order valence-electron chi connectivity index (χ1n) is 6.84. The molecule has 0 bridgehead atoms. The number of nitrogens with zero attached hydrogens (tertiary/aromatic N) is 3. The number of aromatic nitrogens is 3. The van der Waals surface area contributed by atoms with E-state index in [1.54, 1.807) is 17.3 Å². The fourth-order valence-electron chi connectivity index (χ4n) is 2.00. The molecule has 22 heavy (non-hydrogen) atoms. The average molecular weight is 315 g/mol. The van der Waals surface area contributed by atoms with Crippen LogP contribution in [-0.2, 0) is 13.2 Å². The second-order valence-corrected chi connectivity index (χ2v) is 5.21. The van der Waals surface area contributed by atoms with E-state index in [0.717, 1.165) is 16.9 Å². The van der Waals surface area contributed by atoms with Gasteiger partial charge in [-0.1, -0.05) is 35.9 Å². The van der Waals surface area contributed by atoms with Gasteiger partial charge in [-0.15, -0.1) is 10.2 Å². The maximum Gasteiger partial charge on any atom is 0.138 e. The summed E-state index contributed by atoms with van der Waals surface area (Å²) in [4.78, 5) is 0. The van der Waals surface area contributed by atoms with Crippen LogP contribution in [0.4, 0.5) is 0 Å². The number of rotatable bonds is 6. The molecule has 1 heterocycles. The number of hydrogen-bond donors (Lipinski definition) is 1. The van der Waals surface area contributed by atoms with Crippen molar-refractivity contribution in [1.29, 1.82) is 0 Å². The molecule has 0 amide bonds. The predicted octanol–water partition coefficient (Wildman–Crippen LogP) is 3.25. The smallest absolute Gasteiger partial charge is 0.138 e. The van der Waals surface area contributed by atoms with Crippen LogP contribution in [0.1, 0.15) is 11.1 Å². The molecule has 3 rings (SSSR count). The SMILES string of the molecule is Clc1cccc(COc2cccc(CNn3cnnc3)c2)c1. The van der Waals surface area contributed by atoms with Crippen LogP contribution < -0.4 is 10.2 Å². The Labute approximate surface area is 133 Å². The van der Waals surface area contributed by atoms with Crippen LogP contribution in [0.3, 0.4) is 0 Å². The highest BCUT2D eigenvalue weighted by Gasteiger charge is 2.00. The van der Waals surface area contributed by atoms with Crippen LogP contribution in [0.15, 0.2) is 61.2 Å². The normalized spacial score (nSPS) is 10.4. The molecule has 0 aliphatic carbocycles. The van der Waals surface area contributed by atoms with Crippen LogP contribution >= 0.6 is 11.6 Å². The summed E-state index contributed by atoms with van der Waals surface area (Å²) in [5.74, 6) is 0.822. The van der Waals surface area contributed by atoms with Crippen LogP contribution in [0.5, 0.6) is 5.75 Å². The molecule has 0 atom stereocenters. The van der Waals surface area contributed by atoms with Gasteiger partial charge in [0, 0.05) is 5.02 Å². The standard InChI is InChI=1S/C16H15ClN4O/c17-15-5-1-4-14(7-15)10-22-16-6-2-3-13(8-16)9-20-21-11-18-19-12-21/h1-8,11-12,20H,9-10H2. The van der Waals surface area contributed by atoms with Crippen molar-refractivity contribution in [2.45, 2.75) is 13.2 Å². The van der Waals surface area contributed by atoms with Gasteiger partial charge in [0.05, 0.1) is 6.54 Å². The molecule has 0 aliphatic rings.